The first-order valence-corrected chi connectivity index (χ1v) is 9.80. The summed E-state index contributed by atoms with van der Waals surface area (Å²) in [5, 5.41) is 8.25. The van der Waals surface area contributed by atoms with Gasteiger partial charge in [-0.1, -0.05) is 32.4 Å². The molecule has 3 amide bonds. The van der Waals surface area contributed by atoms with Gasteiger partial charge in [0, 0.05) is 5.69 Å². The number of carbonyl (C=O) groups is 4. The van der Waals surface area contributed by atoms with Crippen molar-refractivity contribution >= 4 is 30.1 Å². The Balaban J connectivity index is 0. The molecule has 0 heterocycles. The van der Waals surface area contributed by atoms with Gasteiger partial charge in [0.25, 0.3) is 0 Å². The van der Waals surface area contributed by atoms with Crippen LogP contribution in [0.25, 0.3) is 0 Å². The standard InChI is InChI=1S/C16H23FN4O4.C3H8.CH3NO/c1-19-8-2-3-13(21-14(22)9-18)15(23)20-12-6-4-11(5-7-12)10-25-16(17)24;1-3-2;2-1-3/h4-7,13,19H,2-3,8-10,18H2,1H3,(H,20,23)(H,21,22);3H2,1-2H3;1H,(H2,2,3). The molecule has 0 aromatic heterocycles. The Morgan fingerprint density at radius 2 is 1.74 bits per heavy atom. The molecule has 1 aromatic carbocycles. The zero-order valence-electron chi connectivity index (χ0n) is 18.3. The number of primary amides is 1. The molecule has 1 unspecified atom stereocenters. The Morgan fingerprint density at radius 3 is 2.19 bits per heavy atom. The van der Waals surface area contributed by atoms with Crippen molar-refractivity contribution in [3.05, 3.63) is 29.8 Å². The third-order valence-electron chi connectivity index (χ3n) is 3.33. The van der Waals surface area contributed by atoms with Crippen LogP contribution in [0.5, 0.6) is 0 Å². The van der Waals surface area contributed by atoms with Crippen LogP contribution in [0.2, 0.25) is 0 Å². The maximum Gasteiger partial charge on any atom is 0.495 e. The van der Waals surface area contributed by atoms with Crippen LogP contribution in [0.4, 0.5) is 14.9 Å². The summed E-state index contributed by atoms with van der Waals surface area (Å²) in [6, 6.07) is 5.67. The molecule has 1 atom stereocenters. The van der Waals surface area contributed by atoms with Crippen LogP contribution in [-0.2, 0) is 25.7 Å². The Bertz CT molecular complexity index is 643. The molecule has 0 aliphatic carbocycles. The SMILES string of the molecule is CCC.CNCCCC(NC(=O)CN)C(=O)Nc1ccc(COC(=O)F)cc1.NC=O. The van der Waals surface area contributed by atoms with E-state index in [1.807, 2.05) is 0 Å². The minimum atomic E-state index is -1.85. The molecule has 0 saturated carbocycles. The lowest BCUT2D eigenvalue weighted by Crippen LogP contribution is -2.46. The minimum absolute atomic E-state index is 0.192. The van der Waals surface area contributed by atoms with Gasteiger partial charge in [0.05, 0.1) is 6.54 Å². The zero-order chi connectivity index (χ0) is 24.1. The van der Waals surface area contributed by atoms with Gasteiger partial charge in [-0.15, -0.1) is 4.39 Å². The highest BCUT2D eigenvalue weighted by molar-refractivity contribution is 5.97. The molecule has 10 nitrogen and oxygen atoms in total. The Hall–Kier alpha value is -3.05. The summed E-state index contributed by atoms with van der Waals surface area (Å²) in [5.41, 5.74) is 10.5. The second-order valence-electron chi connectivity index (χ2n) is 6.13. The molecular formula is C20H34FN5O5. The smallest absolute Gasteiger partial charge is 0.435 e. The van der Waals surface area contributed by atoms with Gasteiger partial charge in [-0.05, 0) is 44.1 Å². The van der Waals surface area contributed by atoms with Crippen LogP contribution in [-0.4, -0.2) is 50.6 Å². The number of nitrogens with one attached hydrogen (secondary N) is 3. The van der Waals surface area contributed by atoms with Crippen molar-refractivity contribution in [3.63, 3.8) is 0 Å². The van der Waals surface area contributed by atoms with Crippen molar-refractivity contribution in [3.8, 4) is 0 Å². The molecule has 0 aliphatic heterocycles. The second kappa shape index (κ2) is 20.2. The third kappa shape index (κ3) is 17.5. The van der Waals surface area contributed by atoms with E-state index in [9.17, 15) is 18.8 Å². The number of hydrogen-bond acceptors (Lipinski definition) is 7. The number of hydrogen-bond donors (Lipinski definition) is 5. The first kappa shape index (κ1) is 30.1. The molecule has 31 heavy (non-hydrogen) atoms. The van der Waals surface area contributed by atoms with Crippen LogP contribution < -0.4 is 27.4 Å². The van der Waals surface area contributed by atoms with Crippen LogP contribution >= 0.6 is 0 Å². The van der Waals surface area contributed by atoms with E-state index in [1.54, 1.807) is 31.3 Å². The van der Waals surface area contributed by atoms with Crippen molar-refractivity contribution < 1.29 is 28.3 Å². The second-order valence-corrected chi connectivity index (χ2v) is 6.13. The molecule has 0 fully saturated rings. The van der Waals surface area contributed by atoms with Crippen molar-refractivity contribution in [2.45, 2.75) is 45.8 Å². The maximum atomic E-state index is 12.4. The number of halogens is 1. The lowest BCUT2D eigenvalue weighted by atomic mass is 10.1. The fraction of sp³-hybridized carbons (Fsp3) is 0.500. The lowest BCUT2D eigenvalue weighted by Gasteiger charge is -2.18. The average molecular weight is 444 g/mol. The summed E-state index contributed by atoms with van der Waals surface area (Å²) in [6.07, 6.45) is 0.813. The van der Waals surface area contributed by atoms with E-state index in [4.69, 9.17) is 10.5 Å². The summed E-state index contributed by atoms with van der Waals surface area (Å²) in [5.74, 6) is -0.770. The summed E-state index contributed by atoms with van der Waals surface area (Å²) in [4.78, 5) is 42.5. The normalized spacial score (nSPS) is 10.2. The first-order valence-electron chi connectivity index (χ1n) is 9.80. The molecule has 1 aromatic rings. The fourth-order valence-electron chi connectivity index (χ4n) is 2.06. The third-order valence-corrected chi connectivity index (χ3v) is 3.33. The molecular weight excluding hydrogens is 409 g/mol. The molecule has 0 radical (unpaired) electrons. The highest BCUT2D eigenvalue weighted by Crippen LogP contribution is 2.12. The molecule has 0 saturated heterocycles. The zero-order valence-corrected chi connectivity index (χ0v) is 18.3. The molecule has 176 valence electrons. The Kier molecular flexibility index (Phi) is 19.7. The summed E-state index contributed by atoms with van der Waals surface area (Å²) < 4.78 is 16.3. The molecule has 11 heteroatoms. The minimum Gasteiger partial charge on any atom is -0.435 e. The van der Waals surface area contributed by atoms with Gasteiger partial charge in [-0.25, -0.2) is 4.79 Å². The predicted octanol–water partition coefficient (Wildman–Crippen LogP) is 1.19. The van der Waals surface area contributed by atoms with Crippen molar-refractivity contribution in [1.29, 1.82) is 0 Å². The predicted molar refractivity (Wildman–Crippen MR) is 117 cm³/mol. The molecule has 7 N–H and O–H groups in total. The van der Waals surface area contributed by atoms with Crippen molar-refractivity contribution in [2.75, 3.05) is 25.5 Å². The summed E-state index contributed by atoms with van der Waals surface area (Å²) in [7, 11) is 1.80. The van der Waals surface area contributed by atoms with E-state index in [1.165, 1.54) is 6.42 Å². The van der Waals surface area contributed by atoms with E-state index >= 15 is 0 Å². The van der Waals surface area contributed by atoms with Gasteiger partial charge >= 0.3 is 6.22 Å². The number of carbonyl (C=O) groups excluding carboxylic acids is 4. The van der Waals surface area contributed by atoms with Crippen LogP contribution in [0.3, 0.4) is 0 Å². The number of anilines is 1. The molecule has 0 spiro atoms. The van der Waals surface area contributed by atoms with Crippen LogP contribution in [0.15, 0.2) is 24.3 Å². The Labute approximate surface area is 182 Å². The maximum absolute atomic E-state index is 12.4. The van der Waals surface area contributed by atoms with Crippen LogP contribution in [0, 0.1) is 0 Å². The molecule has 0 bridgehead atoms. The summed E-state index contributed by atoms with van der Waals surface area (Å²) in [6.45, 7) is 4.57. The number of rotatable bonds is 10. The number of amides is 3. The topological polar surface area (TPSA) is 166 Å². The highest BCUT2D eigenvalue weighted by Gasteiger charge is 2.20. The number of nitrogens with two attached hydrogens (primary N) is 2. The fourth-order valence-corrected chi connectivity index (χ4v) is 2.06. The largest absolute Gasteiger partial charge is 0.495 e. The van der Waals surface area contributed by atoms with Gasteiger partial charge in [0.2, 0.25) is 18.2 Å². The first-order chi connectivity index (χ1) is 14.8. The average Bonchev–Trinajstić information content (AvgIpc) is 2.73. The lowest BCUT2D eigenvalue weighted by molar-refractivity contribution is -0.125. The van der Waals surface area contributed by atoms with Crippen molar-refractivity contribution in [2.24, 2.45) is 11.5 Å². The monoisotopic (exact) mass is 443 g/mol. The van der Waals surface area contributed by atoms with E-state index in [-0.39, 0.29) is 25.5 Å². The molecule has 0 aliphatic rings. The molecule has 1 rings (SSSR count). The van der Waals surface area contributed by atoms with Crippen molar-refractivity contribution in [1.82, 2.24) is 10.6 Å². The number of ether oxygens (including phenoxy) is 1. The van der Waals surface area contributed by atoms with Gasteiger partial charge in [-0.3, -0.25) is 14.4 Å². The van der Waals surface area contributed by atoms with Gasteiger partial charge < -0.3 is 32.2 Å². The van der Waals surface area contributed by atoms with Gasteiger partial charge in [0.15, 0.2) is 0 Å². The van der Waals surface area contributed by atoms with Crippen LogP contribution in [0.1, 0.15) is 38.7 Å². The number of benzene rings is 1. The van der Waals surface area contributed by atoms with E-state index in [0.29, 0.717) is 30.6 Å². The van der Waals surface area contributed by atoms with Gasteiger partial charge in [0.1, 0.15) is 12.6 Å². The van der Waals surface area contributed by atoms with E-state index in [0.717, 1.165) is 0 Å². The highest BCUT2D eigenvalue weighted by atomic mass is 19.1. The van der Waals surface area contributed by atoms with Gasteiger partial charge in [-0.2, -0.15) is 0 Å². The van der Waals surface area contributed by atoms with E-state index < -0.39 is 18.2 Å². The quantitative estimate of drug-likeness (QED) is 0.206. The Morgan fingerprint density at radius 1 is 1.19 bits per heavy atom. The van der Waals surface area contributed by atoms with E-state index in [2.05, 4.69) is 40.3 Å². The summed E-state index contributed by atoms with van der Waals surface area (Å²) >= 11 is 0.